The molecule has 2 unspecified atom stereocenters. The minimum Gasteiger partial charge on any atom is -0.497 e. The van der Waals surface area contributed by atoms with Crippen molar-refractivity contribution >= 4 is 23.3 Å². The molecule has 7 rings (SSSR count). The molecular formula is C26H22FNO5. The van der Waals surface area contributed by atoms with Crippen molar-refractivity contribution < 1.29 is 28.2 Å². The van der Waals surface area contributed by atoms with Crippen LogP contribution in [0.3, 0.4) is 0 Å². The fourth-order valence-electron chi connectivity index (χ4n) is 5.96. The van der Waals surface area contributed by atoms with Crippen LogP contribution in [0.4, 0.5) is 10.1 Å². The highest BCUT2D eigenvalue weighted by molar-refractivity contribution is 6.22. The Labute approximate surface area is 190 Å². The number of benzene rings is 2. The summed E-state index contributed by atoms with van der Waals surface area (Å²) >= 11 is 0. The first-order valence-electron chi connectivity index (χ1n) is 11.1. The Hall–Kier alpha value is -3.48. The van der Waals surface area contributed by atoms with Gasteiger partial charge in [-0.25, -0.2) is 9.29 Å². The summed E-state index contributed by atoms with van der Waals surface area (Å²) < 4.78 is 25.3. The van der Waals surface area contributed by atoms with E-state index in [1.165, 1.54) is 19.2 Å². The summed E-state index contributed by atoms with van der Waals surface area (Å²) in [6.45, 7) is -0.341. The summed E-state index contributed by atoms with van der Waals surface area (Å²) in [5.41, 5.74) is 0.629. The number of anilines is 1. The second-order valence-electron chi connectivity index (χ2n) is 9.22. The summed E-state index contributed by atoms with van der Waals surface area (Å²) in [5, 5.41) is 0. The van der Waals surface area contributed by atoms with Gasteiger partial charge in [0, 0.05) is 11.6 Å². The molecule has 0 radical (unpaired) electrons. The third kappa shape index (κ3) is 3.02. The van der Waals surface area contributed by atoms with E-state index in [2.05, 4.69) is 12.2 Å². The van der Waals surface area contributed by atoms with E-state index in [0.29, 0.717) is 23.1 Å². The molecule has 2 aromatic rings. The number of hydrogen-bond acceptors (Lipinski definition) is 5. The van der Waals surface area contributed by atoms with Gasteiger partial charge in [-0.3, -0.25) is 14.4 Å². The number of hydrogen-bond donors (Lipinski definition) is 0. The van der Waals surface area contributed by atoms with Gasteiger partial charge in [0.2, 0.25) is 11.8 Å². The van der Waals surface area contributed by atoms with Crippen molar-refractivity contribution in [1.82, 2.24) is 0 Å². The van der Waals surface area contributed by atoms with Crippen LogP contribution < -0.4 is 14.4 Å². The highest BCUT2D eigenvalue weighted by Crippen LogP contribution is 2.65. The van der Waals surface area contributed by atoms with Gasteiger partial charge in [0.1, 0.15) is 5.75 Å². The van der Waals surface area contributed by atoms with Crippen LogP contribution in [0.5, 0.6) is 11.5 Å². The van der Waals surface area contributed by atoms with Gasteiger partial charge >= 0.3 is 0 Å². The molecule has 33 heavy (non-hydrogen) atoms. The molecule has 1 saturated heterocycles. The van der Waals surface area contributed by atoms with E-state index in [9.17, 15) is 18.8 Å². The summed E-state index contributed by atoms with van der Waals surface area (Å²) in [4.78, 5) is 39.8. The maximum atomic E-state index is 14.8. The number of rotatable bonds is 6. The molecule has 1 heterocycles. The number of halogens is 1. The lowest BCUT2D eigenvalue weighted by atomic mass is 9.63. The number of carbonyl (C=O) groups is 3. The molecule has 6 nitrogen and oxygen atoms in total. The molecule has 0 aromatic heterocycles. The van der Waals surface area contributed by atoms with Gasteiger partial charge in [-0.15, -0.1) is 0 Å². The van der Waals surface area contributed by atoms with Crippen molar-refractivity contribution in [2.75, 3.05) is 18.6 Å². The first-order chi connectivity index (χ1) is 16.0. The zero-order valence-corrected chi connectivity index (χ0v) is 17.9. The van der Waals surface area contributed by atoms with E-state index in [0.717, 1.165) is 17.4 Å². The first kappa shape index (κ1) is 20.1. The summed E-state index contributed by atoms with van der Waals surface area (Å²) in [6.07, 6.45) is 5.30. The van der Waals surface area contributed by atoms with Gasteiger partial charge in [0.05, 0.1) is 24.6 Å². The smallest absolute Gasteiger partial charge is 0.238 e. The molecule has 2 amide bonds. The van der Waals surface area contributed by atoms with Crippen LogP contribution in [0, 0.1) is 41.3 Å². The Morgan fingerprint density at radius 1 is 1.00 bits per heavy atom. The number of ketones is 1. The Morgan fingerprint density at radius 3 is 2.21 bits per heavy atom. The van der Waals surface area contributed by atoms with E-state index < -0.39 is 5.82 Å². The molecule has 2 aromatic carbocycles. The van der Waals surface area contributed by atoms with Crippen molar-refractivity contribution in [3.63, 3.8) is 0 Å². The predicted molar refractivity (Wildman–Crippen MR) is 116 cm³/mol. The largest absolute Gasteiger partial charge is 0.497 e. The molecule has 3 fully saturated rings. The van der Waals surface area contributed by atoms with Crippen molar-refractivity contribution in [2.45, 2.75) is 6.42 Å². The zero-order chi connectivity index (χ0) is 22.9. The number of carbonyl (C=O) groups excluding carboxylic acids is 3. The molecule has 2 bridgehead atoms. The highest BCUT2D eigenvalue weighted by Gasteiger charge is 2.67. The van der Waals surface area contributed by atoms with E-state index in [-0.39, 0.29) is 59.3 Å². The lowest BCUT2D eigenvalue weighted by Crippen LogP contribution is -2.40. The lowest BCUT2D eigenvalue weighted by Gasteiger charge is -2.37. The number of ether oxygens (including phenoxy) is 2. The third-order valence-corrected chi connectivity index (χ3v) is 7.61. The summed E-state index contributed by atoms with van der Waals surface area (Å²) in [5.74, 6) is -0.426. The zero-order valence-electron chi connectivity index (χ0n) is 17.9. The van der Waals surface area contributed by atoms with E-state index >= 15 is 0 Å². The Bertz CT molecular complexity index is 1170. The van der Waals surface area contributed by atoms with Crippen molar-refractivity contribution in [3.05, 3.63) is 66.0 Å². The van der Waals surface area contributed by atoms with Gasteiger partial charge in [-0.2, -0.15) is 0 Å². The second-order valence-corrected chi connectivity index (χ2v) is 9.22. The summed E-state index contributed by atoms with van der Waals surface area (Å²) in [6, 6.07) is 10.5. The molecule has 168 valence electrons. The SMILES string of the molecule is COc1ccc(C(=O)COc2ccc(N3C(=O)[C@@H]4[C@H](C3=O)[C@@H]3C=C[C@H]4C4CC43)cc2F)cc1. The number of allylic oxidation sites excluding steroid dienone is 2. The standard InChI is InChI=1S/C26H22FNO5/c1-32-15-5-2-13(3-6-15)21(29)12-33-22-9-4-14(10-20(22)27)28-25(30)23-16-7-8-17(19-11-18(16)19)24(23)26(28)31/h2-10,16-19,23-24H,11-12H2,1H3/t16-,17+,18?,19?,23-,24+. The van der Waals surface area contributed by atoms with Gasteiger partial charge in [-0.1, -0.05) is 12.2 Å². The second kappa shape index (κ2) is 7.27. The normalized spacial score (nSPS) is 30.8. The maximum Gasteiger partial charge on any atom is 0.238 e. The van der Waals surface area contributed by atoms with Gasteiger partial charge < -0.3 is 9.47 Å². The van der Waals surface area contributed by atoms with Gasteiger partial charge in [-0.05, 0) is 66.5 Å². The van der Waals surface area contributed by atoms with Crippen molar-refractivity contribution in [2.24, 2.45) is 35.5 Å². The average molecular weight is 447 g/mol. The van der Waals surface area contributed by atoms with E-state index in [1.54, 1.807) is 24.3 Å². The molecule has 2 saturated carbocycles. The van der Waals surface area contributed by atoms with Crippen molar-refractivity contribution in [3.8, 4) is 11.5 Å². The van der Waals surface area contributed by atoms with Crippen LogP contribution in [-0.2, 0) is 9.59 Å². The monoisotopic (exact) mass is 447 g/mol. The Kier molecular flexibility index (Phi) is 4.44. The predicted octanol–water partition coefficient (Wildman–Crippen LogP) is 3.65. The lowest BCUT2D eigenvalue weighted by molar-refractivity contribution is -0.124. The Balaban J connectivity index is 1.17. The van der Waals surface area contributed by atoms with Crippen LogP contribution in [0.15, 0.2) is 54.6 Å². The number of methoxy groups -OCH3 is 1. The molecular weight excluding hydrogens is 425 g/mol. The molecule has 6 atom stereocenters. The fraction of sp³-hybridized carbons (Fsp3) is 0.346. The fourth-order valence-corrected chi connectivity index (χ4v) is 5.96. The van der Waals surface area contributed by atoms with Gasteiger partial charge in [0.25, 0.3) is 0 Å². The van der Waals surface area contributed by atoms with Crippen LogP contribution >= 0.6 is 0 Å². The summed E-state index contributed by atoms with van der Waals surface area (Å²) in [7, 11) is 1.53. The van der Waals surface area contributed by atoms with E-state index in [1.807, 2.05) is 0 Å². The molecule has 4 aliphatic carbocycles. The molecule has 5 aliphatic rings. The number of nitrogens with zero attached hydrogens (tertiary/aromatic N) is 1. The minimum atomic E-state index is -0.727. The first-order valence-corrected chi connectivity index (χ1v) is 11.1. The number of Topliss-reactive ketones (excluding diaryl/α,β-unsaturated/α-hetero) is 1. The molecule has 1 aliphatic heterocycles. The highest BCUT2D eigenvalue weighted by atomic mass is 19.1. The van der Waals surface area contributed by atoms with E-state index in [4.69, 9.17) is 9.47 Å². The minimum absolute atomic E-state index is 0.111. The molecule has 0 spiro atoms. The van der Waals surface area contributed by atoms with Crippen LogP contribution in [0.25, 0.3) is 0 Å². The maximum absolute atomic E-state index is 14.8. The van der Waals surface area contributed by atoms with Crippen LogP contribution in [0.2, 0.25) is 0 Å². The molecule has 7 heteroatoms. The topological polar surface area (TPSA) is 72.9 Å². The quantitative estimate of drug-likeness (QED) is 0.384. The molecule has 0 N–H and O–H groups in total. The van der Waals surface area contributed by atoms with Crippen LogP contribution in [-0.4, -0.2) is 31.3 Å². The number of imide groups is 1. The third-order valence-electron chi connectivity index (χ3n) is 7.61. The Morgan fingerprint density at radius 2 is 1.64 bits per heavy atom. The van der Waals surface area contributed by atoms with Gasteiger partial charge in [0.15, 0.2) is 24.0 Å². The average Bonchev–Trinajstić information content (AvgIpc) is 3.61. The number of amides is 2. The van der Waals surface area contributed by atoms with Crippen molar-refractivity contribution in [1.29, 1.82) is 0 Å². The van der Waals surface area contributed by atoms with Crippen LogP contribution in [0.1, 0.15) is 16.8 Å².